The number of carbonyl (C=O) groups excluding carboxylic acids is 1. The highest BCUT2D eigenvalue weighted by Crippen LogP contribution is 2.27. The molecule has 0 bridgehead atoms. The Balaban J connectivity index is 2.17. The van der Waals surface area contributed by atoms with Crippen LogP contribution in [0, 0.1) is 25.7 Å². The zero-order chi connectivity index (χ0) is 13.4. The lowest BCUT2D eigenvalue weighted by Crippen LogP contribution is -2.30. The van der Waals surface area contributed by atoms with Crippen molar-refractivity contribution in [2.45, 2.75) is 20.8 Å². The molecular weight excluding hydrogens is 250 g/mol. The number of rotatable bonds is 2. The molecule has 2 rings (SSSR count). The molecule has 0 spiro atoms. The predicted molar refractivity (Wildman–Crippen MR) is 70.0 cm³/mol. The molecule has 0 radical (unpaired) electrons. The van der Waals surface area contributed by atoms with E-state index in [2.05, 4.69) is 0 Å². The second kappa shape index (κ2) is 4.72. The van der Waals surface area contributed by atoms with Crippen molar-refractivity contribution in [1.29, 1.82) is 0 Å². The quantitative estimate of drug-likeness (QED) is 0.893. The maximum Gasteiger partial charge on any atom is 0.308 e. The van der Waals surface area contributed by atoms with E-state index in [1.54, 1.807) is 16.2 Å². The van der Waals surface area contributed by atoms with Gasteiger partial charge in [-0.3, -0.25) is 9.59 Å². The van der Waals surface area contributed by atoms with Gasteiger partial charge in [-0.15, -0.1) is 11.3 Å². The van der Waals surface area contributed by atoms with E-state index in [4.69, 9.17) is 5.11 Å². The third-order valence-corrected chi connectivity index (χ3v) is 4.75. The Kier molecular flexibility index (Phi) is 3.43. The predicted octanol–water partition coefficient (Wildman–Crippen LogP) is 2.16. The van der Waals surface area contributed by atoms with Crippen LogP contribution in [-0.2, 0) is 4.79 Å². The zero-order valence-electron chi connectivity index (χ0n) is 10.8. The molecule has 0 aromatic carbocycles. The molecular formula is C13H17NO3S. The first-order valence-corrected chi connectivity index (χ1v) is 6.86. The van der Waals surface area contributed by atoms with Crippen LogP contribution < -0.4 is 0 Å². The number of nitrogens with zero attached hydrogens (tertiary/aromatic N) is 1. The molecule has 1 saturated heterocycles. The number of hydrogen-bond acceptors (Lipinski definition) is 3. The van der Waals surface area contributed by atoms with Crippen molar-refractivity contribution in [3.8, 4) is 0 Å². The monoisotopic (exact) mass is 267 g/mol. The minimum atomic E-state index is -0.809. The van der Waals surface area contributed by atoms with Crippen LogP contribution in [-0.4, -0.2) is 35.0 Å². The molecule has 2 heterocycles. The van der Waals surface area contributed by atoms with Crippen molar-refractivity contribution in [3.05, 3.63) is 21.4 Å². The van der Waals surface area contributed by atoms with Gasteiger partial charge in [0.1, 0.15) is 0 Å². The van der Waals surface area contributed by atoms with Gasteiger partial charge in [0.15, 0.2) is 0 Å². The summed E-state index contributed by atoms with van der Waals surface area (Å²) in [5.74, 6) is -1.26. The molecule has 1 aliphatic rings. The molecule has 1 N–H and O–H groups in total. The number of thiophene rings is 1. The van der Waals surface area contributed by atoms with Gasteiger partial charge < -0.3 is 10.0 Å². The molecule has 1 amide bonds. The van der Waals surface area contributed by atoms with E-state index in [1.807, 2.05) is 26.2 Å². The first kappa shape index (κ1) is 13.1. The number of hydrogen-bond donors (Lipinski definition) is 1. The van der Waals surface area contributed by atoms with Gasteiger partial charge in [-0.1, -0.05) is 6.92 Å². The molecule has 0 aliphatic carbocycles. The van der Waals surface area contributed by atoms with Crippen molar-refractivity contribution < 1.29 is 14.7 Å². The SMILES string of the molecule is Cc1scc(C(=O)N2C[C@@H](C)[C@H](C(=O)O)C2)c1C. The maximum absolute atomic E-state index is 12.3. The number of likely N-dealkylation sites (tertiary alicyclic amines) is 1. The topological polar surface area (TPSA) is 57.6 Å². The highest BCUT2D eigenvalue weighted by Gasteiger charge is 2.37. The number of aryl methyl sites for hydroxylation is 1. The summed E-state index contributed by atoms with van der Waals surface area (Å²) in [7, 11) is 0. The fourth-order valence-electron chi connectivity index (χ4n) is 2.35. The number of carboxylic acid groups (broad SMARTS) is 1. The van der Waals surface area contributed by atoms with E-state index in [0.29, 0.717) is 13.1 Å². The molecule has 5 heteroatoms. The van der Waals surface area contributed by atoms with Crippen LogP contribution in [0.4, 0.5) is 0 Å². The molecule has 98 valence electrons. The first-order chi connectivity index (χ1) is 8.41. The van der Waals surface area contributed by atoms with Crippen LogP contribution in [0.25, 0.3) is 0 Å². The summed E-state index contributed by atoms with van der Waals surface area (Å²) >= 11 is 1.56. The molecule has 0 saturated carbocycles. The van der Waals surface area contributed by atoms with Gasteiger partial charge in [0.05, 0.1) is 11.5 Å². The number of carboxylic acids is 1. The van der Waals surface area contributed by atoms with E-state index in [-0.39, 0.29) is 11.8 Å². The normalized spacial score (nSPS) is 23.4. The molecule has 4 nitrogen and oxygen atoms in total. The highest BCUT2D eigenvalue weighted by molar-refractivity contribution is 7.10. The molecule has 0 unspecified atom stereocenters. The standard InChI is InChI=1S/C13H17NO3S/c1-7-4-14(5-10(7)13(16)17)12(15)11-6-18-9(3)8(11)2/h6-7,10H,4-5H2,1-3H3,(H,16,17)/t7-,10-/m1/s1. The largest absolute Gasteiger partial charge is 0.481 e. The summed E-state index contributed by atoms with van der Waals surface area (Å²) in [5.41, 5.74) is 1.73. The van der Waals surface area contributed by atoms with Gasteiger partial charge in [0, 0.05) is 23.3 Å². The maximum atomic E-state index is 12.3. The Labute approximate surface area is 110 Å². The van der Waals surface area contributed by atoms with Crippen molar-refractivity contribution in [2.75, 3.05) is 13.1 Å². The summed E-state index contributed by atoms with van der Waals surface area (Å²) < 4.78 is 0. The molecule has 18 heavy (non-hydrogen) atoms. The minimum Gasteiger partial charge on any atom is -0.481 e. The highest BCUT2D eigenvalue weighted by atomic mass is 32.1. The van der Waals surface area contributed by atoms with Crippen LogP contribution >= 0.6 is 11.3 Å². The third-order valence-electron chi connectivity index (χ3n) is 3.73. The first-order valence-electron chi connectivity index (χ1n) is 5.98. The average Bonchev–Trinajstić information content (AvgIpc) is 2.84. The molecule has 2 atom stereocenters. The number of carbonyl (C=O) groups is 2. The summed E-state index contributed by atoms with van der Waals surface area (Å²) in [6.45, 7) is 6.67. The molecule has 1 fully saturated rings. The third kappa shape index (κ3) is 2.14. The van der Waals surface area contributed by atoms with E-state index < -0.39 is 11.9 Å². The van der Waals surface area contributed by atoms with Crippen LogP contribution in [0.15, 0.2) is 5.38 Å². The lowest BCUT2D eigenvalue weighted by Gasteiger charge is -2.15. The Morgan fingerprint density at radius 3 is 2.50 bits per heavy atom. The Hall–Kier alpha value is -1.36. The second-order valence-corrected chi connectivity index (χ2v) is 6.05. The van der Waals surface area contributed by atoms with Gasteiger partial charge in [-0.2, -0.15) is 0 Å². The fourth-order valence-corrected chi connectivity index (χ4v) is 3.21. The van der Waals surface area contributed by atoms with Crippen LogP contribution in [0.2, 0.25) is 0 Å². The average molecular weight is 267 g/mol. The minimum absolute atomic E-state index is 0.0199. The lowest BCUT2D eigenvalue weighted by molar-refractivity contribution is -0.142. The zero-order valence-corrected chi connectivity index (χ0v) is 11.6. The van der Waals surface area contributed by atoms with Crippen LogP contribution in [0.5, 0.6) is 0 Å². The number of amides is 1. The second-order valence-electron chi connectivity index (χ2n) is 4.96. The van der Waals surface area contributed by atoms with Gasteiger partial charge in [0.25, 0.3) is 5.91 Å². The Bertz CT molecular complexity index is 494. The smallest absolute Gasteiger partial charge is 0.308 e. The van der Waals surface area contributed by atoms with Crippen molar-refractivity contribution in [3.63, 3.8) is 0 Å². The molecule has 1 aromatic heterocycles. The number of aliphatic carboxylic acids is 1. The Morgan fingerprint density at radius 1 is 1.39 bits per heavy atom. The van der Waals surface area contributed by atoms with Gasteiger partial charge >= 0.3 is 5.97 Å². The van der Waals surface area contributed by atoms with Crippen molar-refractivity contribution in [2.24, 2.45) is 11.8 Å². The van der Waals surface area contributed by atoms with Gasteiger partial charge in [0.2, 0.25) is 0 Å². The van der Waals surface area contributed by atoms with E-state index in [0.717, 1.165) is 16.0 Å². The van der Waals surface area contributed by atoms with Gasteiger partial charge in [-0.25, -0.2) is 0 Å². The van der Waals surface area contributed by atoms with Crippen LogP contribution in [0.3, 0.4) is 0 Å². The van der Waals surface area contributed by atoms with Crippen molar-refractivity contribution in [1.82, 2.24) is 4.90 Å². The van der Waals surface area contributed by atoms with Gasteiger partial charge in [-0.05, 0) is 25.3 Å². The van der Waals surface area contributed by atoms with Crippen molar-refractivity contribution >= 4 is 23.2 Å². The molecule has 1 aliphatic heterocycles. The summed E-state index contributed by atoms with van der Waals surface area (Å²) in [5, 5.41) is 10.9. The summed E-state index contributed by atoms with van der Waals surface area (Å²) in [4.78, 5) is 26.2. The summed E-state index contributed by atoms with van der Waals surface area (Å²) in [6.07, 6.45) is 0. The summed E-state index contributed by atoms with van der Waals surface area (Å²) in [6, 6.07) is 0. The van der Waals surface area contributed by atoms with E-state index >= 15 is 0 Å². The van der Waals surface area contributed by atoms with E-state index in [9.17, 15) is 9.59 Å². The van der Waals surface area contributed by atoms with Crippen LogP contribution in [0.1, 0.15) is 27.7 Å². The fraction of sp³-hybridized carbons (Fsp3) is 0.538. The molecule has 1 aromatic rings. The van der Waals surface area contributed by atoms with E-state index in [1.165, 1.54) is 0 Å². The lowest BCUT2D eigenvalue weighted by atomic mass is 9.99. The Morgan fingerprint density at radius 2 is 2.06 bits per heavy atom.